The van der Waals surface area contributed by atoms with Crippen LogP contribution in [0.4, 0.5) is 0 Å². The van der Waals surface area contributed by atoms with E-state index >= 15 is 0 Å². The molecule has 4 heteroatoms. The van der Waals surface area contributed by atoms with Crippen LogP contribution in [0.25, 0.3) is 11.1 Å². The molecule has 104 valence electrons. The van der Waals surface area contributed by atoms with Crippen LogP contribution in [0.5, 0.6) is 0 Å². The molecule has 0 fully saturated rings. The monoisotopic (exact) mass is 277 g/mol. The molecular weight excluding hydrogens is 262 g/mol. The summed E-state index contributed by atoms with van der Waals surface area (Å²) in [5, 5.41) is 2.83. The minimum absolute atomic E-state index is 0.106. The topological polar surface area (TPSA) is 57.8 Å². The highest BCUT2D eigenvalue weighted by atomic mass is 16.1. The van der Waals surface area contributed by atoms with Gasteiger partial charge in [-0.25, -0.2) is 4.98 Å². The van der Waals surface area contributed by atoms with Gasteiger partial charge in [0.1, 0.15) is 5.82 Å². The summed E-state index contributed by atoms with van der Waals surface area (Å²) in [6, 6.07) is 17.7. The van der Waals surface area contributed by atoms with Crippen molar-refractivity contribution < 1.29 is 4.79 Å². The number of rotatable bonds is 4. The summed E-state index contributed by atoms with van der Waals surface area (Å²) in [6.45, 7) is 0.395. The van der Waals surface area contributed by atoms with Crippen LogP contribution < -0.4 is 5.32 Å². The summed E-state index contributed by atoms with van der Waals surface area (Å²) in [7, 11) is 0. The predicted octanol–water partition coefficient (Wildman–Crippen LogP) is 3.01. The molecular formula is C17H15N3O. The number of carbonyl (C=O) groups is 1. The molecule has 0 bridgehead atoms. The Balaban J connectivity index is 1.67. The van der Waals surface area contributed by atoms with Gasteiger partial charge in [0.05, 0.1) is 6.54 Å². The second-order valence-corrected chi connectivity index (χ2v) is 4.66. The Morgan fingerprint density at radius 2 is 1.71 bits per heavy atom. The highest BCUT2D eigenvalue weighted by Gasteiger charge is 2.06. The first kappa shape index (κ1) is 13.1. The Kier molecular flexibility index (Phi) is 3.78. The highest BCUT2D eigenvalue weighted by Crippen LogP contribution is 2.19. The molecule has 0 aliphatic heterocycles. The Labute approximate surface area is 122 Å². The average Bonchev–Trinajstić information content (AvgIpc) is 3.07. The molecule has 1 amide bonds. The van der Waals surface area contributed by atoms with Gasteiger partial charge in [-0.2, -0.15) is 0 Å². The van der Waals surface area contributed by atoms with Gasteiger partial charge >= 0.3 is 0 Å². The van der Waals surface area contributed by atoms with Crippen molar-refractivity contribution in [2.45, 2.75) is 6.54 Å². The van der Waals surface area contributed by atoms with E-state index in [-0.39, 0.29) is 5.91 Å². The maximum Gasteiger partial charge on any atom is 0.251 e. The van der Waals surface area contributed by atoms with Crippen molar-refractivity contribution in [1.82, 2.24) is 15.3 Å². The van der Waals surface area contributed by atoms with Gasteiger partial charge in [0, 0.05) is 18.0 Å². The normalized spacial score (nSPS) is 10.3. The Morgan fingerprint density at radius 3 is 2.38 bits per heavy atom. The largest absolute Gasteiger partial charge is 0.347 e. The van der Waals surface area contributed by atoms with Crippen LogP contribution in [0.15, 0.2) is 67.0 Å². The van der Waals surface area contributed by atoms with Crippen molar-refractivity contribution in [2.75, 3.05) is 0 Å². The molecule has 21 heavy (non-hydrogen) atoms. The third kappa shape index (κ3) is 3.17. The van der Waals surface area contributed by atoms with Crippen molar-refractivity contribution in [2.24, 2.45) is 0 Å². The van der Waals surface area contributed by atoms with E-state index in [1.807, 2.05) is 54.6 Å². The predicted molar refractivity (Wildman–Crippen MR) is 81.6 cm³/mol. The zero-order valence-corrected chi connectivity index (χ0v) is 11.4. The van der Waals surface area contributed by atoms with Gasteiger partial charge in [0.25, 0.3) is 5.91 Å². The number of carbonyl (C=O) groups excluding carboxylic acids is 1. The van der Waals surface area contributed by atoms with Crippen molar-refractivity contribution in [3.05, 3.63) is 78.4 Å². The first-order chi connectivity index (χ1) is 10.3. The SMILES string of the molecule is O=C(NCc1ncc[nH]1)c1ccc(-c2ccccc2)cc1. The molecule has 2 aromatic carbocycles. The average molecular weight is 277 g/mol. The molecule has 0 aliphatic rings. The molecule has 0 saturated heterocycles. The molecule has 0 saturated carbocycles. The van der Waals surface area contributed by atoms with E-state index in [1.54, 1.807) is 12.4 Å². The molecule has 0 unspecified atom stereocenters. The molecule has 1 aromatic heterocycles. The van der Waals surface area contributed by atoms with Crippen LogP contribution >= 0.6 is 0 Å². The molecule has 3 aromatic rings. The lowest BCUT2D eigenvalue weighted by Gasteiger charge is -2.05. The first-order valence-electron chi connectivity index (χ1n) is 6.75. The van der Waals surface area contributed by atoms with Crippen molar-refractivity contribution in [1.29, 1.82) is 0 Å². The number of aromatic nitrogens is 2. The van der Waals surface area contributed by atoms with Crippen molar-refractivity contribution in [3.8, 4) is 11.1 Å². The fourth-order valence-corrected chi connectivity index (χ4v) is 2.11. The van der Waals surface area contributed by atoms with E-state index in [2.05, 4.69) is 15.3 Å². The quantitative estimate of drug-likeness (QED) is 0.770. The molecule has 0 aliphatic carbocycles. The maximum atomic E-state index is 12.0. The summed E-state index contributed by atoms with van der Waals surface area (Å²) in [5.74, 6) is 0.635. The van der Waals surface area contributed by atoms with E-state index in [0.29, 0.717) is 12.1 Å². The Bertz CT molecular complexity index is 704. The van der Waals surface area contributed by atoms with E-state index in [4.69, 9.17) is 0 Å². The summed E-state index contributed by atoms with van der Waals surface area (Å²) < 4.78 is 0. The van der Waals surface area contributed by atoms with Gasteiger partial charge in [-0.15, -0.1) is 0 Å². The van der Waals surface area contributed by atoms with Crippen LogP contribution in [-0.4, -0.2) is 15.9 Å². The second kappa shape index (κ2) is 6.05. The molecule has 0 atom stereocenters. The Hall–Kier alpha value is -2.88. The molecule has 0 radical (unpaired) electrons. The minimum atomic E-state index is -0.106. The van der Waals surface area contributed by atoms with Crippen molar-refractivity contribution in [3.63, 3.8) is 0 Å². The zero-order valence-electron chi connectivity index (χ0n) is 11.4. The number of H-pyrrole nitrogens is 1. The number of hydrogen-bond donors (Lipinski definition) is 2. The number of amides is 1. The molecule has 3 rings (SSSR count). The number of imidazole rings is 1. The lowest BCUT2D eigenvalue weighted by atomic mass is 10.0. The van der Waals surface area contributed by atoms with Crippen LogP contribution in [0.1, 0.15) is 16.2 Å². The van der Waals surface area contributed by atoms with Crippen LogP contribution in [-0.2, 0) is 6.54 Å². The van der Waals surface area contributed by atoms with Crippen LogP contribution in [0, 0.1) is 0 Å². The third-order valence-corrected chi connectivity index (χ3v) is 3.23. The van der Waals surface area contributed by atoms with Gasteiger partial charge in [0.2, 0.25) is 0 Å². The zero-order chi connectivity index (χ0) is 14.5. The molecule has 2 N–H and O–H groups in total. The minimum Gasteiger partial charge on any atom is -0.347 e. The van der Waals surface area contributed by atoms with Gasteiger partial charge in [-0.1, -0.05) is 42.5 Å². The smallest absolute Gasteiger partial charge is 0.251 e. The van der Waals surface area contributed by atoms with E-state index in [9.17, 15) is 4.79 Å². The molecule has 4 nitrogen and oxygen atoms in total. The lowest BCUT2D eigenvalue weighted by Crippen LogP contribution is -2.23. The number of hydrogen-bond acceptors (Lipinski definition) is 2. The summed E-state index contributed by atoms with van der Waals surface area (Å²) in [6.07, 6.45) is 3.40. The summed E-state index contributed by atoms with van der Waals surface area (Å²) in [4.78, 5) is 19.0. The van der Waals surface area contributed by atoms with Crippen LogP contribution in [0.3, 0.4) is 0 Å². The third-order valence-electron chi connectivity index (χ3n) is 3.23. The number of aromatic amines is 1. The summed E-state index contributed by atoms with van der Waals surface area (Å²) in [5.41, 5.74) is 2.87. The fraction of sp³-hybridized carbons (Fsp3) is 0.0588. The molecule has 0 spiro atoms. The van der Waals surface area contributed by atoms with E-state index in [1.165, 1.54) is 0 Å². The van der Waals surface area contributed by atoms with Gasteiger partial charge in [0.15, 0.2) is 0 Å². The second-order valence-electron chi connectivity index (χ2n) is 4.66. The summed E-state index contributed by atoms with van der Waals surface area (Å²) >= 11 is 0. The molecule has 1 heterocycles. The Morgan fingerprint density at radius 1 is 1.00 bits per heavy atom. The number of nitrogens with zero attached hydrogens (tertiary/aromatic N) is 1. The van der Waals surface area contributed by atoms with Crippen LogP contribution in [0.2, 0.25) is 0 Å². The van der Waals surface area contributed by atoms with Gasteiger partial charge < -0.3 is 10.3 Å². The lowest BCUT2D eigenvalue weighted by molar-refractivity contribution is 0.0950. The standard InChI is InChI=1S/C17H15N3O/c21-17(20-12-16-18-10-11-19-16)15-8-6-14(7-9-15)13-4-2-1-3-5-13/h1-11H,12H2,(H,18,19)(H,20,21). The highest BCUT2D eigenvalue weighted by molar-refractivity contribution is 5.94. The maximum absolute atomic E-state index is 12.0. The van der Waals surface area contributed by atoms with E-state index in [0.717, 1.165) is 17.0 Å². The van der Waals surface area contributed by atoms with Crippen molar-refractivity contribution >= 4 is 5.91 Å². The number of benzene rings is 2. The van der Waals surface area contributed by atoms with Gasteiger partial charge in [-0.05, 0) is 23.3 Å². The van der Waals surface area contributed by atoms with Gasteiger partial charge in [-0.3, -0.25) is 4.79 Å². The number of nitrogens with one attached hydrogen (secondary N) is 2. The fourth-order valence-electron chi connectivity index (χ4n) is 2.11. The van der Waals surface area contributed by atoms with E-state index < -0.39 is 0 Å². The first-order valence-corrected chi connectivity index (χ1v) is 6.75.